The van der Waals surface area contributed by atoms with Crippen molar-refractivity contribution in [2.45, 2.75) is 44.1 Å². The summed E-state index contributed by atoms with van der Waals surface area (Å²) in [5, 5.41) is 11.3. The Labute approximate surface area is 155 Å². The van der Waals surface area contributed by atoms with Crippen LogP contribution in [0.3, 0.4) is 0 Å². The van der Waals surface area contributed by atoms with Gasteiger partial charge < -0.3 is 5.11 Å². The molecule has 2 aromatic carbocycles. The molecule has 2 aromatic rings. The Morgan fingerprint density at radius 2 is 1.54 bits per heavy atom. The number of hydrogen-bond acceptors (Lipinski definition) is 2. The average Bonchev–Trinajstić information content (AvgIpc) is 3.16. The summed E-state index contributed by atoms with van der Waals surface area (Å²) in [7, 11) is 0. The molecule has 138 valence electrons. The molecule has 1 saturated heterocycles. The standard InChI is InChI=1S/C23H28FNO/c24-22-12-8-20(9-13-22)19-6-10-21(11-7-19)23(26)14-3-15-25(17-23)16-18-4-1-2-5-18/h6-13,18,26H,1-5,14-17H2/t23-/m0/s1. The molecule has 1 atom stereocenters. The maximum atomic E-state index is 13.1. The molecule has 1 heterocycles. The van der Waals surface area contributed by atoms with E-state index in [1.807, 2.05) is 24.3 Å². The van der Waals surface area contributed by atoms with Gasteiger partial charge in [0.05, 0.1) is 0 Å². The molecule has 0 bridgehead atoms. The molecule has 3 heteroatoms. The lowest BCUT2D eigenvalue weighted by Gasteiger charge is -2.40. The van der Waals surface area contributed by atoms with E-state index in [2.05, 4.69) is 4.90 Å². The predicted molar refractivity (Wildman–Crippen MR) is 103 cm³/mol. The second kappa shape index (κ2) is 7.50. The maximum Gasteiger partial charge on any atom is 0.123 e. The lowest BCUT2D eigenvalue weighted by atomic mass is 9.84. The largest absolute Gasteiger partial charge is 0.384 e. The molecule has 26 heavy (non-hydrogen) atoms. The molecule has 0 unspecified atom stereocenters. The number of piperidine rings is 1. The Balaban J connectivity index is 1.47. The molecule has 0 radical (unpaired) electrons. The summed E-state index contributed by atoms with van der Waals surface area (Å²) < 4.78 is 13.1. The lowest BCUT2D eigenvalue weighted by molar-refractivity contribution is -0.0392. The van der Waals surface area contributed by atoms with Gasteiger partial charge in [-0.1, -0.05) is 49.2 Å². The third kappa shape index (κ3) is 3.84. The van der Waals surface area contributed by atoms with E-state index in [4.69, 9.17) is 0 Å². The molecule has 2 fully saturated rings. The van der Waals surface area contributed by atoms with Crippen molar-refractivity contribution in [1.29, 1.82) is 0 Å². The molecule has 1 N–H and O–H groups in total. The molecule has 0 amide bonds. The van der Waals surface area contributed by atoms with Gasteiger partial charge in [-0.3, -0.25) is 4.90 Å². The number of rotatable bonds is 4. The minimum Gasteiger partial charge on any atom is -0.384 e. The van der Waals surface area contributed by atoms with Crippen molar-refractivity contribution in [3.63, 3.8) is 0 Å². The molecule has 0 spiro atoms. The lowest BCUT2D eigenvalue weighted by Crippen LogP contribution is -2.47. The monoisotopic (exact) mass is 353 g/mol. The highest BCUT2D eigenvalue weighted by Gasteiger charge is 2.35. The van der Waals surface area contributed by atoms with Crippen LogP contribution in [0.25, 0.3) is 11.1 Å². The van der Waals surface area contributed by atoms with Crippen molar-refractivity contribution < 1.29 is 9.50 Å². The summed E-state index contributed by atoms with van der Waals surface area (Å²) in [6.07, 6.45) is 7.30. The van der Waals surface area contributed by atoms with Gasteiger partial charge in [0.2, 0.25) is 0 Å². The van der Waals surface area contributed by atoms with E-state index in [1.54, 1.807) is 12.1 Å². The van der Waals surface area contributed by atoms with Gasteiger partial charge in [0.1, 0.15) is 11.4 Å². The van der Waals surface area contributed by atoms with E-state index >= 15 is 0 Å². The summed E-state index contributed by atoms with van der Waals surface area (Å²) in [5.41, 5.74) is 2.30. The van der Waals surface area contributed by atoms with Crippen molar-refractivity contribution in [2.75, 3.05) is 19.6 Å². The minimum atomic E-state index is -0.752. The number of likely N-dealkylation sites (tertiary alicyclic amines) is 1. The van der Waals surface area contributed by atoms with Crippen molar-refractivity contribution in [1.82, 2.24) is 4.90 Å². The van der Waals surface area contributed by atoms with Crippen molar-refractivity contribution in [2.24, 2.45) is 5.92 Å². The van der Waals surface area contributed by atoms with Gasteiger partial charge in [-0.25, -0.2) is 4.39 Å². The first-order valence-corrected chi connectivity index (χ1v) is 9.94. The van der Waals surface area contributed by atoms with E-state index in [-0.39, 0.29) is 5.82 Å². The number of halogens is 1. The van der Waals surface area contributed by atoms with Gasteiger partial charge in [-0.2, -0.15) is 0 Å². The van der Waals surface area contributed by atoms with E-state index in [9.17, 15) is 9.50 Å². The summed E-state index contributed by atoms with van der Waals surface area (Å²) in [5.74, 6) is 0.599. The molecule has 1 aliphatic heterocycles. The Morgan fingerprint density at radius 3 is 2.19 bits per heavy atom. The highest BCUT2D eigenvalue weighted by molar-refractivity contribution is 5.63. The number of aliphatic hydroxyl groups is 1. The maximum absolute atomic E-state index is 13.1. The number of benzene rings is 2. The van der Waals surface area contributed by atoms with E-state index < -0.39 is 5.60 Å². The third-order valence-corrected chi connectivity index (χ3v) is 6.14. The fraction of sp³-hybridized carbons (Fsp3) is 0.478. The Bertz CT molecular complexity index is 721. The first kappa shape index (κ1) is 17.7. The van der Waals surface area contributed by atoms with Gasteiger partial charge in [-0.15, -0.1) is 0 Å². The van der Waals surface area contributed by atoms with Crippen LogP contribution in [0, 0.1) is 11.7 Å². The van der Waals surface area contributed by atoms with Crippen LogP contribution >= 0.6 is 0 Å². The molecule has 0 aromatic heterocycles. The summed E-state index contributed by atoms with van der Waals surface area (Å²) >= 11 is 0. The molecular formula is C23H28FNO. The van der Waals surface area contributed by atoms with Crippen LogP contribution in [0.4, 0.5) is 4.39 Å². The average molecular weight is 353 g/mol. The van der Waals surface area contributed by atoms with Crippen LogP contribution in [0.15, 0.2) is 48.5 Å². The van der Waals surface area contributed by atoms with Crippen LogP contribution < -0.4 is 0 Å². The fourth-order valence-electron chi connectivity index (χ4n) is 4.69. The molecule has 1 aliphatic carbocycles. The first-order valence-electron chi connectivity index (χ1n) is 9.94. The van der Waals surface area contributed by atoms with Crippen LogP contribution in [0.5, 0.6) is 0 Å². The van der Waals surface area contributed by atoms with Gasteiger partial charge in [0.25, 0.3) is 0 Å². The zero-order chi connectivity index (χ0) is 18.0. The third-order valence-electron chi connectivity index (χ3n) is 6.14. The Kier molecular flexibility index (Phi) is 5.10. The molecule has 2 aliphatic rings. The first-order chi connectivity index (χ1) is 12.6. The normalized spacial score (nSPS) is 24.8. The Hall–Kier alpha value is -1.71. The quantitative estimate of drug-likeness (QED) is 0.839. The second-order valence-electron chi connectivity index (χ2n) is 8.10. The summed E-state index contributed by atoms with van der Waals surface area (Å²) in [4.78, 5) is 2.47. The van der Waals surface area contributed by atoms with Crippen molar-refractivity contribution >= 4 is 0 Å². The molecule has 1 saturated carbocycles. The van der Waals surface area contributed by atoms with E-state index in [1.165, 1.54) is 37.8 Å². The predicted octanol–water partition coefficient (Wildman–Crippen LogP) is 4.97. The van der Waals surface area contributed by atoms with Crippen molar-refractivity contribution in [3.8, 4) is 11.1 Å². The van der Waals surface area contributed by atoms with Crippen LogP contribution in [-0.2, 0) is 5.60 Å². The van der Waals surface area contributed by atoms with Gasteiger partial charge >= 0.3 is 0 Å². The van der Waals surface area contributed by atoms with Crippen molar-refractivity contribution in [3.05, 3.63) is 59.9 Å². The topological polar surface area (TPSA) is 23.5 Å². The Morgan fingerprint density at radius 1 is 0.923 bits per heavy atom. The summed E-state index contributed by atoms with van der Waals surface area (Å²) in [6.45, 7) is 2.97. The minimum absolute atomic E-state index is 0.218. The van der Waals surface area contributed by atoms with Crippen LogP contribution in [0.1, 0.15) is 44.1 Å². The zero-order valence-electron chi connectivity index (χ0n) is 15.3. The SMILES string of the molecule is O[C@@]1(c2ccc(-c3ccc(F)cc3)cc2)CCCN(CC2CCCC2)C1. The number of β-amino-alcohol motifs (C(OH)–C–C–N with tert-alkyl or cyclic N) is 1. The zero-order valence-corrected chi connectivity index (χ0v) is 15.3. The van der Waals surface area contributed by atoms with Gasteiger partial charge in [0, 0.05) is 13.1 Å². The van der Waals surface area contributed by atoms with Gasteiger partial charge in [0.15, 0.2) is 0 Å². The van der Waals surface area contributed by atoms with Crippen LogP contribution in [0.2, 0.25) is 0 Å². The van der Waals surface area contributed by atoms with E-state index in [0.717, 1.165) is 55.1 Å². The second-order valence-corrected chi connectivity index (χ2v) is 8.10. The van der Waals surface area contributed by atoms with E-state index in [0.29, 0.717) is 0 Å². The molecular weight excluding hydrogens is 325 g/mol. The molecule has 4 rings (SSSR count). The highest BCUT2D eigenvalue weighted by atomic mass is 19.1. The summed E-state index contributed by atoms with van der Waals surface area (Å²) in [6, 6.07) is 14.7. The number of nitrogens with zero attached hydrogens (tertiary/aromatic N) is 1. The smallest absolute Gasteiger partial charge is 0.123 e. The van der Waals surface area contributed by atoms with Gasteiger partial charge in [-0.05, 0) is 67.0 Å². The van der Waals surface area contributed by atoms with Crippen LogP contribution in [-0.4, -0.2) is 29.6 Å². The highest BCUT2D eigenvalue weighted by Crippen LogP contribution is 2.34. The number of hydrogen-bond donors (Lipinski definition) is 1. The molecule has 2 nitrogen and oxygen atoms in total. The fourth-order valence-corrected chi connectivity index (χ4v) is 4.69.